The molecule has 5 heteroatoms. The fraction of sp³-hybridized carbons (Fsp3) is 0.667. The minimum absolute atomic E-state index is 0.181. The molecule has 0 saturated carbocycles. The molecule has 1 aromatic carbocycles. The van der Waals surface area contributed by atoms with Crippen LogP contribution in [0, 0.1) is 5.92 Å². The predicted octanol–water partition coefficient (Wildman–Crippen LogP) is 2.50. The zero-order valence-electron chi connectivity index (χ0n) is 14.8. The molecule has 128 valence electrons. The molecule has 3 rings (SSSR count). The first-order valence-electron chi connectivity index (χ1n) is 8.35. The van der Waals surface area contributed by atoms with E-state index in [1.54, 1.807) is 7.11 Å². The third-order valence-corrected chi connectivity index (χ3v) is 5.32. The Hall–Kier alpha value is -1.46. The Morgan fingerprint density at radius 2 is 2.09 bits per heavy atom. The van der Waals surface area contributed by atoms with Crippen molar-refractivity contribution in [3.8, 4) is 17.2 Å². The summed E-state index contributed by atoms with van der Waals surface area (Å²) >= 11 is 0. The zero-order chi connectivity index (χ0) is 16.8. The summed E-state index contributed by atoms with van der Waals surface area (Å²) in [4.78, 5) is 0. The molecule has 0 radical (unpaired) electrons. The van der Waals surface area contributed by atoms with Crippen molar-refractivity contribution in [1.82, 2.24) is 0 Å². The lowest BCUT2D eigenvalue weighted by molar-refractivity contribution is -0.924. The van der Waals surface area contributed by atoms with E-state index in [9.17, 15) is 5.11 Å². The first-order valence-corrected chi connectivity index (χ1v) is 8.35. The second-order valence-electron chi connectivity index (χ2n) is 7.53. The van der Waals surface area contributed by atoms with Gasteiger partial charge in [0.1, 0.15) is 6.04 Å². The fourth-order valence-electron chi connectivity index (χ4n) is 3.67. The van der Waals surface area contributed by atoms with Crippen molar-refractivity contribution in [3.05, 3.63) is 17.2 Å². The van der Waals surface area contributed by atoms with E-state index in [2.05, 4.69) is 34.0 Å². The van der Waals surface area contributed by atoms with E-state index in [0.717, 1.165) is 28.9 Å². The van der Waals surface area contributed by atoms with Crippen molar-refractivity contribution >= 4 is 0 Å². The molecule has 1 aromatic rings. The number of hydrogen-bond donors (Lipinski definition) is 1. The van der Waals surface area contributed by atoms with Gasteiger partial charge < -0.3 is 23.8 Å². The van der Waals surface area contributed by atoms with Crippen LogP contribution in [0.3, 0.4) is 0 Å². The van der Waals surface area contributed by atoms with Gasteiger partial charge in [-0.15, -0.1) is 0 Å². The Bertz CT molecular complexity index is 597. The first-order chi connectivity index (χ1) is 10.8. The van der Waals surface area contributed by atoms with Gasteiger partial charge in [0, 0.05) is 12.8 Å². The molecule has 2 aliphatic rings. The lowest BCUT2D eigenvalue weighted by atomic mass is 9.85. The number of likely N-dealkylation sites (N-methyl/N-ethyl adjacent to an activating group) is 1. The fourth-order valence-corrected chi connectivity index (χ4v) is 3.67. The first kappa shape index (κ1) is 16.4. The van der Waals surface area contributed by atoms with Gasteiger partial charge in [-0.25, -0.2) is 0 Å². The highest BCUT2D eigenvalue weighted by atomic mass is 16.7. The third kappa shape index (κ3) is 2.76. The Morgan fingerprint density at radius 3 is 2.74 bits per heavy atom. The van der Waals surface area contributed by atoms with Crippen molar-refractivity contribution in [1.29, 1.82) is 0 Å². The van der Waals surface area contributed by atoms with Gasteiger partial charge in [0.15, 0.2) is 11.5 Å². The van der Waals surface area contributed by atoms with Gasteiger partial charge in [-0.3, -0.25) is 0 Å². The van der Waals surface area contributed by atoms with E-state index in [4.69, 9.17) is 14.2 Å². The maximum Gasteiger partial charge on any atom is 0.231 e. The molecule has 0 aromatic heterocycles. The Balaban J connectivity index is 2.10. The van der Waals surface area contributed by atoms with Gasteiger partial charge in [0.2, 0.25) is 12.5 Å². The molecule has 0 bridgehead atoms. The smallest absolute Gasteiger partial charge is 0.231 e. The van der Waals surface area contributed by atoms with Crippen LogP contribution < -0.4 is 14.2 Å². The average molecular weight is 322 g/mol. The Kier molecular flexibility index (Phi) is 4.19. The number of rotatable bonds is 4. The highest BCUT2D eigenvalue weighted by molar-refractivity contribution is 5.61. The van der Waals surface area contributed by atoms with Crippen LogP contribution in [0.1, 0.15) is 37.4 Å². The van der Waals surface area contributed by atoms with E-state index >= 15 is 0 Å². The summed E-state index contributed by atoms with van der Waals surface area (Å²) in [6.45, 7) is 5.40. The van der Waals surface area contributed by atoms with Gasteiger partial charge in [0.05, 0.1) is 39.4 Å². The van der Waals surface area contributed by atoms with Gasteiger partial charge in [-0.05, 0) is 17.5 Å². The maximum absolute atomic E-state index is 10.5. The van der Waals surface area contributed by atoms with Crippen LogP contribution in [0.15, 0.2) is 6.07 Å². The predicted molar refractivity (Wildman–Crippen MR) is 88.0 cm³/mol. The minimum atomic E-state index is -0.335. The summed E-state index contributed by atoms with van der Waals surface area (Å²) in [7, 11) is 6.14. The number of aliphatic hydroxyl groups excluding tert-OH is 1. The highest BCUT2D eigenvalue weighted by Crippen LogP contribution is 2.51. The minimum Gasteiger partial charge on any atom is -0.492 e. The molecule has 0 aliphatic carbocycles. The summed E-state index contributed by atoms with van der Waals surface area (Å²) in [5.41, 5.74) is 2.43. The second-order valence-corrected chi connectivity index (χ2v) is 7.53. The zero-order valence-corrected chi connectivity index (χ0v) is 14.8. The third-order valence-electron chi connectivity index (χ3n) is 5.32. The lowest BCUT2D eigenvalue weighted by Gasteiger charge is -2.44. The number of hydrogen-bond acceptors (Lipinski definition) is 4. The van der Waals surface area contributed by atoms with Crippen LogP contribution in [0.25, 0.3) is 0 Å². The van der Waals surface area contributed by atoms with Crippen LogP contribution in [0.2, 0.25) is 0 Å². The number of nitrogens with zero attached hydrogens (tertiary/aromatic N) is 1. The van der Waals surface area contributed by atoms with Crippen LogP contribution in [-0.2, 0) is 6.42 Å². The number of aliphatic hydroxyl groups is 1. The lowest BCUT2D eigenvalue weighted by Crippen LogP contribution is -2.49. The SMILES string of the molecule is COc1c2c(cc3c1[C@@H](C[C@@H](O)C(C)C)[N+](C)(C)CC3)OCO2. The quantitative estimate of drug-likeness (QED) is 0.865. The molecule has 0 fully saturated rings. The molecule has 5 nitrogen and oxygen atoms in total. The molecule has 0 amide bonds. The van der Waals surface area contributed by atoms with Crippen molar-refractivity contribution in [2.45, 2.75) is 38.8 Å². The number of fused-ring (bicyclic) bond motifs is 2. The molecule has 2 heterocycles. The highest BCUT2D eigenvalue weighted by Gasteiger charge is 2.42. The molecule has 23 heavy (non-hydrogen) atoms. The molecular weight excluding hydrogens is 294 g/mol. The Morgan fingerprint density at radius 1 is 1.35 bits per heavy atom. The Labute approximate surface area is 138 Å². The van der Waals surface area contributed by atoms with Gasteiger partial charge in [-0.2, -0.15) is 0 Å². The maximum atomic E-state index is 10.5. The largest absolute Gasteiger partial charge is 0.492 e. The van der Waals surface area contributed by atoms with E-state index in [1.807, 2.05) is 0 Å². The average Bonchev–Trinajstić information content (AvgIpc) is 2.95. The normalized spacial score (nSPS) is 22.8. The molecule has 1 N–H and O–H groups in total. The monoisotopic (exact) mass is 322 g/mol. The molecule has 0 saturated heterocycles. The van der Waals surface area contributed by atoms with Gasteiger partial charge >= 0.3 is 0 Å². The van der Waals surface area contributed by atoms with E-state index in [1.165, 1.54) is 11.1 Å². The second kappa shape index (κ2) is 5.87. The molecule has 2 atom stereocenters. The molecule has 2 aliphatic heterocycles. The summed E-state index contributed by atoms with van der Waals surface area (Å²) in [5.74, 6) is 2.50. The van der Waals surface area contributed by atoms with Gasteiger partial charge in [-0.1, -0.05) is 13.8 Å². The van der Waals surface area contributed by atoms with Crippen molar-refractivity contribution in [2.24, 2.45) is 5.92 Å². The van der Waals surface area contributed by atoms with Crippen LogP contribution in [0.4, 0.5) is 0 Å². The molecule has 0 unspecified atom stereocenters. The number of quaternary nitrogens is 1. The number of ether oxygens (including phenoxy) is 3. The molecular formula is C18H28NO4+. The van der Waals surface area contributed by atoms with E-state index in [-0.39, 0.29) is 24.9 Å². The van der Waals surface area contributed by atoms with Crippen molar-refractivity contribution < 1.29 is 23.8 Å². The summed E-state index contributed by atoms with van der Waals surface area (Å²) in [5, 5.41) is 10.5. The number of benzene rings is 1. The summed E-state index contributed by atoms with van der Waals surface area (Å²) < 4.78 is 17.8. The van der Waals surface area contributed by atoms with Crippen LogP contribution >= 0.6 is 0 Å². The standard InChI is InChI=1S/C18H28NO4/c1-11(2)14(20)9-13-16-12(6-7-19(13,3)4)8-15-17(18(16)21-5)23-10-22-15/h8,11,13-14,20H,6-7,9-10H2,1-5H3/q+1/t13-,14-/m1/s1. The molecule has 0 spiro atoms. The summed E-state index contributed by atoms with van der Waals surface area (Å²) in [6.07, 6.45) is 1.36. The van der Waals surface area contributed by atoms with Crippen LogP contribution in [0.5, 0.6) is 17.2 Å². The topological polar surface area (TPSA) is 47.9 Å². The van der Waals surface area contributed by atoms with E-state index in [0.29, 0.717) is 12.2 Å². The summed E-state index contributed by atoms with van der Waals surface area (Å²) in [6, 6.07) is 2.27. The van der Waals surface area contributed by atoms with Crippen molar-refractivity contribution in [3.63, 3.8) is 0 Å². The van der Waals surface area contributed by atoms with E-state index < -0.39 is 0 Å². The van der Waals surface area contributed by atoms with Crippen molar-refractivity contribution in [2.75, 3.05) is 34.5 Å². The van der Waals surface area contributed by atoms with Crippen LogP contribution in [-0.4, -0.2) is 50.2 Å². The van der Waals surface area contributed by atoms with Gasteiger partial charge in [0.25, 0.3) is 0 Å². The number of methoxy groups -OCH3 is 1.